The topological polar surface area (TPSA) is 55.9 Å². The number of imidazole rings is 1. The van der Waals surface area contributed by atoms with E-state index in [0.29, 0.717) is 6.04 Å². The molecule has 1 aliphatic rings. The highest BCUT2D eigenvalue weighted by atomic mass is 15.3. The summed E-state index contributed by atoms with van der Waals surface area (Å²) < 4.78 is 2.29. The Balaban J connectivity index is 2.16. The third-order valence-electron chi connectivity index (χ3n) is 3.99. The maximum Gasteiger partial charge on any atom is 0.218 e. The molecule has 1 heterocycles. The zero-order valence-electron chi connectivity index (χ0n) is 10.8. The molecular formula is C14H20N4. The van der Waals surface area contributed by atoms with E-state index in [1.807, 2.05) is 0 Å². The molecule has 0 amide bonds. The van der Waals surface area contributed by atoms with Crippen molar-refractivity contribution < 1.29 is 0 Å². The number of nitrogen functional groups attached to an aromatic ring is 1. The molecule has 3 rings (SSSR count). The number of hydrogen-bond donors (Lipinski definition) is 2. The number of anilines is 1. The Hall–Kier alpha value is -1.55. The van der Waals surface area contributed by atoms with Crippen molar-refractivity contribution in [3.63, 3.8) is 0 Å². The first-order valence-corrected chi connectivity index (χ1v) is 6.75. The molecule has 0 saturated heterocycles. The van der Waals surface area contributed by atoms with Crippen LogP contribution in [0.15, 0.2) is 18.2 Å². The summed E-state index contributed by atoms with van der Waals surface area (Å²) >= 11 is 0. The van der Waals surface area contributed by atoms with Gasteiger partial charge in [-0.15, -0.1) is 0 Å². The van der Waals surface area contributed by atoms with Crippen LogP contribution in [0.5, 0.6) is 0 Å². The maximum atomic E-state index is 5.64. The number of aromatic nitrogens is 2. The van der Waals surface area contributed by atoms with Crippen molar-refractivity contribution in [3.8, 4) is 0 Å². The van der Waals surface area contributed by atoms with Crippen molar-refractivity contribution >= 4 is 17.0 Å². The van der Waals surface area contributed by atoms with E-state index in [1.165, 1.54) is 43.2 Å². The summed E-state index contributed by atoms with van der Waals surface area (Å²) in [5.41, 5.74) is 6.24. The van der Waals surface area contributed by atoms with Crippen molar-refractivity contribution in [1.29, 1.82) is 0 Å². The molecule has 0 atom stereocenters. The van der Waals surface area contributed by atoms with Gasteiger partial charge < -0.3 is 4.57 Å². The molecule has 1 aliphatic carbocycles. The van der Waals surface area contributed by atoms with Gasteiger partial charge in [0, 0.05) is 6.04 Å². The molecule has 0 radical (unpaired) electrons. The molecule has 1 fully saturated rings. The van der Waals surface area contributed by atoms with Gasteiger partial charge in [-0.2, -0.15) is 0 Å². The number of benzene rings is 1. The molecule has 2 aromatic rings. The molecule has 1 aromatic carbocycles. The van der Waals surface area contributed by atoms with Crippen molar-refractivity contribution in [2.75, 3.05) is 5.43 Å². The highest BCUT2D eigenvalue weighted by Gasteiger charge is 2.21. The van der Waals surface area contributed by atoms with E-state index < -0.39 is 0 Å². The van der Waals surface area contributed by atoms with Crippen LogP contribution in [0.4, 0.5) is 5.95 Å². The standard InChI is InChI=1S/C14H20N4/c1-10-6-5-9-12-13(10)16-14(17-15)18(12)11-7-3-2-4-8-11/h5-6,9,11H,2-4,7-8,15H2,1H3,(H,16,17). The van der Waals surface area contributed by atoms with Crippen molar-refractivity contribution in [1.82, 2.24) is 9.55 Å². The third-order valence-corrected chi connectivity index (χ3v) is 3.99. The molecule has 0 bridgehead atoms. The first-order chi connectivity index (χ1) is 8.81. The predicted molar refractivity (Wildman–Crippen MR) is 74.4 cm³/mol. The number of aryl methyl sites for hydroxylation is 1. The number of nitrogens with zero attached hydrogens (tertiary/aromatic N) is 2. The van der Waals surface area contributed by atoms with Gasteiger partial charge in [0.1, 0.15) is 0 Å². The minimum Gasteiger partial charge on any atom is -0.306 e. The lowest BCUT2D eigenvalue weighted by molar-refractivity contribution is 0.362. The van der Waals surface area contributed by atoms with Crippen LogP contribution >= 0.6 is 0 Å². The first kappa shape index (κ1) is 11.5. The lowest BCUT2D eigenvalue weighted by Gasteiger charge is -2.25. The summed E-state index contributed by atoms with van der Waals surface area (Å²) in [6.07, 6.45) is 6.43. The van der Waals surface area contributed by atoms with E-state index in [9.17, 15) is 0 Å². The zero-order valence-corrected chi connectivity index (χ0v) is 10.8. The monoisotopic (exact) mass is 244 g/mol. The second-order valence-electron chi connectivity index (χ2n) is 5.18. The molecule has 0 aliphatic heterocycles. The average molecular weight is 244 g/mol. The quantitative estimate of drug-likeness (QED) is 0.630. The number of hydrogen-bond acceptors (Lipinski definition) is 3. The maximum absolute atomic E-state index is 5.64. The SMILES string of the molecule is Cc1cccc2c1nc(NN)n2C1CCCCC1. The minimum atomic E-state index is 0.539. The van der Waals surface area contributed by atoms with Crippen LogP contribution in [0.1, 0.15) is 43.7 Å². The summed E-state index contributed by atoms with van der Waals surface area (Å²) in [5, 5.41) is 0. The molecule has 18 heavy (non-hydrogen) atoms. The van der Waals surface area contributed by atoms with Crippen LogP contribution in [0.25, 0.3) is 11.0 Å². The third kappa shape index (κ3) is 1.77. The van der Waals surface area contributed by atoms with E-state index in [0.717, 1.165) is 11.5 Å². The van der Waals surface area contributed by atoms with Gasteiger partial charge in [-0.3, -0.25) is 5.43 Å². The van der Waals surface area contributed by atoms with Gasteiger partial charge in [-0.25, -0.2) is 10.8 Å². The fourth-order valence-corrected chi connectivity index (χ4v) is 3.07. The highest BCUT2D eigenvalue weighted by Crippen LogP contribution is 2.34. The number of para-hydroxylation sites is 1. The summed E-state index contributed by atoms with van der Waals surface area (Å²) in [6, 6.07) is 6.88. The van der Waals surface area contributed by atoms with Crippen molar-refractivity contribution in [3.05, 3.63) is 23.8 Å². The van der Waals surface area contributed by atoms with E-state index in [1.54, 1.807) is 0 Å². The summed E-state index contributed by atoms with van der Waals surface area (Å²) in [7, 11) is 0. The highest BCUT2D eigenvalue weighted by molar-refractivity contribution is 5.82. The van der Waals surface area contributed by atoms with E-state index >= 15 is 0 Å². The Bertz CT molecular complexity index is 552. The lowest BCUT2D eigenvalue weighted by atomic mass is 9.95. The molecule has 1 aromatic heterocycles. The fraction of sp³-hybridized carbons (Fsp3) is 0.500. The van der Waals surface area contributed by atoms with Gasteiger partial charge in [0.25, 0.3) is 0 Å². The van der Waals surface area contributed by atoms with Crippen LogP contribution in [-0.2, 0) is 0 Å². The minimum absolute atomic E-state index is 0.539. The molecule has 0 unspecified atom stereocenters. The van der Waals surface area contributed by atoms with E-state index in [-0.39, 0.29) is 0 Å². The predicted octanol–water partition coefficient (Wildman–Crippen LogP) is 3.14. The molecule has 4 heteroatoms. The Morgan fingerprint density at radius 3 is 2.78 bits per heavy atom. The molecule has 1 saturated carbocycles. The number of nitrogens with two attached hydrogens (primary N) is 1. The second kappa shape index (κ2) is 4.61. The first-order valence-electron chi connectivity index (χ1n) is 6.75. The van der Waals surface area contributed by atoms with Gasteiger partial charge in [-0.1, -0.05) is 31.4 Å². The number of fused-ring (bicyclic) bond motifs is 1. The van der Waals surface area contributed by atoms with Crippen LogP contribution in [0.3, 0.4) is 0 Å². The van der Waals surface area contributed by atoms with Gasteiger partial charge in [0.05, 0.1) is 11.0 Å². The van der Waals surface area contributed by atoms with Crippen LogP contribution < -0.4 is 11.3 Å². The summed E-state index contributed by atoms with van der Waals surface area (Å²) in [6.45, 7) is 2.10. The molecule has 0 spiro atoms. The summed E-state index contributed by atoms with van der Waals surface area (Å²) in [4.78, 5) is 4.63. The normalized spacial score (nSPS) is 17.2. The number of nitrogens with one attached hydrogen (secondary N) is 1. The van der Waals surface area contributed by atoms with Crippen LogP contribution in [-0.4, -0.2) is 9.55 Å². The Kier molecular flexibility index (Phi) is 2.96. The summed E-state index contributed by atoms with van der Waals surface area (Å²) in [5.74, 6) is 6.44. The molecule has 4 nitrogen and oxygen atoms in total. The van der Waals surface area contributed by atoms with Crippen LogP contribution in [0.2, 0.25) is 0 Å². The Labute approximate surface area is 107 Å². The van der Waals surface area contributed by atoms with Gasteiger partial charge >= 0.3 is 0 Å². The van der Waals surface area contributed by atoms with Crippen molar-refractivity contribution in [2.24, 2.45) is 5.84 Å². The molecule has 96 valence electrons. The smallest absolute Gasteiger partial charge is 0.218 e. The van der Waals surface area contributed by atoms with E-state index in [4.69, 9.17) is 5.84 Å². The van der Waals surface area contributed by atoms with E-state index in [2.05, 4.69) is 40.1 Å². The average Bonchev–Trinajstić information content (AvgIpc) is 2.80. The number of rotatable bonds is 2. The largest absolute Gasteiger partial charge is 0.306 e. The van der Waals surface area contributed by atoms with Gasteiger partial charge in [0.15, 0.2) is 0 Å². The fourth-order valence-electron chi connectivity index (χ4n) is 3.07. The van der Waals surface area contributed by atoms with Gasteiger partial charge in [-0.05, 0) is 31.4 Å². The zero-order chi connectivity index (χ0) is 12.5. The lowest BCUT2D eigenvalue weighted by Crippen LogP contribution is -2.18. The van der Waals surface area contributed by atoms with Crippen molar-refractivity contribution in [2.45, 2.75) is 45.1 Å². The Morgan fingerprint density at radius 1 is 1.28 bits per heavy atom. The van der Waals surface area contributed by atoms with Crippen LogP contribution in [0, 0.1) is 6.92 Å². The molecule has 3 N–H and O–H groups in total. The van der Waals surface area contributed by atoms with Gasteiger partial charge in [0.2, 0.25) is 5.95 Å². The second-order valence-corrected chi connectivity index (χ2v) is 5.18. The number of hydrazine groups is 1. The Morgan fingerprint density at radius 2 is 2.06 bits per heavy atom. The molecular weight excluding hydrogens is 224 g/mol.